The molecule has 2 heterocycles. The molecular weight excluding hydrogens is 242 g/mol. The van der Waals surface area contributed by atoms with Crippen LogP contribution < -0.4 is 16.8 Å². The zero-order valence-electron chi connectivity index (χ0n) is 12.5. The summed E-state index contributed by atoms with van der Waals surface area (Å²) in [6, 6.07) is 0.0143. The van der Waals surface area contributed by atoms with Crippen molar-refractivity contribution in [3.05, 3.63) is 0 Å². The van der Waals surface area contributed by atoms with Crippen LogP contribution in [0.1, 0.15) is 26.7 Å². The van der Waals surface area contributed by atoms with Crippen molar-refractivity contribution in [1.29, 1.82) is 0 Å². The number of nitrogens with one attached hydrogen (secondary N) is 1. The predicted molar refractivity (Wildman–Crippen MR) is 80.1 cm³/mol. The molecule has 0 spiro atoms. The highest BCUT2D eigenvalue weighted by molar-refractivity contribution is 5.76. The number of nitrogens with two attached hydrogens (primary N) is 2. The van der Waals surface area contributed by atoms with Crippen molar-refractivity contribution < 1.29 is 4.79 Å². The Balaban J connectivity index is 0.000000303. The fraction of sp³-hybridized carbons (Fsp3) is 0.923. The molecule has 0 atom stereocenters. The molecular formula is C13H31N5O. The molecule has 2 fully saturated rings. The lowest BCUT2D eigenvalue weighted by molar-refractivity contribution is 0.218. The molecule has 2 amide bonds. The van der Waals surface area contributed by atoms with Gasteiger partial charge in [0.1, 0.15) is 0 Å². The topological polar surface area (TPSA) is 87.6 Å². The van der Waals surface area contributed by atoms with Crippen molar-refractivity contribution in [2.75, 3.05) is 52.4 Å². The van der Waals surface area contributed by atoms with Crippen LogP contribution in [0.3, 0.4) is 0 Å². The van der Waals surface area contributed by atoms with E-state index in [1.54, 1.807) is 4.90 Å². The number of urea groups is 1. The van der Waals surface area contributed by atoms with Crippen LogP contribution in [-0.4, -0.2) is 68.2 Å². The Bertz CT molecular complexity index is 219. The van der Waals surface area contributed by atoms with Crippen LogP contribution in [0.2, 0.25) is 0 Å². The summed E-state index contributed by atoms with van der Waals surface area (Å²) in [5.74, 6) is 0. The molecule has 6 heteroatoms. The first-order valence-electron chi connectivity index (χ1n) is 7.43. The Morgan fingerprint density at radius 1 is 1.05 bits per heavy atom. The van der Waals surface area contributed by atoms with E-state index < -0.39 is 0 Å². The van der Waals surface area contributed by atoms with Gasteiger partial charge in [-0.3, -0.25) is 0 Å². The van der Waals surface area contributed by atoms with E-state index in [1.165, 1.54) is 25.9 Å². The largest absolute Gasteiger partial charge is 0.336 e. The van der Waals surface area contributed by atoms with Crippen molar-refractivity contribution in [2.24, 2.45) is 11.5 Å². The average molecular weight is 273 g/mol. The van der Waals surface area contributed by atoms with Gasteiger partial charge >= 0.3 is 6.03 Å². The molecule has 6 nitrogen and oxygen atoms in total. The third-order valence-electron chi connectivity index (χ3n) is 2.99. The molecule has 0 bridgehead atoms. The Morgan fingerprint density at radius 3 is 2.05 bits per heavy atom. The summed E-state index contributed by atoms with van der Waals surface area (Å²) >= 11 is 0. The number of hydrogen-bond donors (Lipinski definition) is 3. The summed E-state index contributed by atoms with van der Waals surface area (Å²) in [6.07, 6.45) is 2.75. The van der Waals surface area contributed by atoms with Gasteiger partial charge in [-0.1, -0.05) is 13.8 Å². The minimum atomic E-state index is 0.0143. The van der Waals surface area contributed by atoms with Crippen molar-refractivity contribution in [1.82, 2.24) is 15.1 Å². The van der Waals surface area contributed by atoms with E-state index in [1.807, 2.05) is 13.8 Å². The molecule has 0 aromatic rings. The van der Waals surface area contributed by atoms with E-state index in [2.05, 4.69) is 10.2 Å². The van der Waals surface area contributed by atoms with E-state index in [9.17, 15) is 4.79 Å². The van der Waals surface area contributed by atoms with Crippen molar-refractivity contribution >= 4 is 6.03 Å². The molecule has 0 aliphatic carbocycles. The molecule has 0 saturated carbocycles. The molecule has 5 N–H and O–H groups in total. The summed E-state index contributed by atoms with van der Waals surface area (Å²) < 4.78 is 0. The van der Waals surface area contributed by atoms with E-state index in [0.29, 0.717) is 13.1 Å². The Kier molecular flexibility index (Phi) is 11.7. The number of carbonyl (C=O) groups excluding carboxylic acids is 1. The Morgan fingerprint density at radius 2 is 1.63 bits per heavy atom. The first-order chi connectivity index (χ1) is 9.27. The van der Waals surface area contributed by atoms with Gasteiger partial charge in [-0.15, -0.1) is 0 Å². The second-order valence-electron chi connectivity index (χ2n) is 4.35. The Hall–Kier alpha value is -0.850. The van der Waals surface area contributed by atoms with Crippen LogP contribution >= 0.6 is 0 Å². The fourth-order valence-electron chi connectivity index (χ4n) is 2.07. The summed E-state index contributed by atoms with van der Waals surface area (Å²) in [5.41, 5.74) is 10.6. The number of rotatable bonds is 4. The third-order valence-corrected chi connectivity index (χ3v) is 2.99. The first-order valence-corrected chi connectivity index (χ1v) is 7.43. The minimum Gasteiger partial charge on any atom is -0.336 e. The number of hydrogen-bond acceptors (Lipinski definition) is 4. The van der Waals surface area contributed by atoms with E-state index in [-0.39, 0.29) is 6.03 Å². The van der Waals surface area contributed by atoms with E-state index >= 15 is 0 Å². The normalized spacial score (nSPS) is 18.3. The third kappa shape index (κ3) is 8.02. The summed E-state index contributed by atoms with van der Waals surface area (Å²) in [6.45, 7) is 11.3. The second-order valence-corrected chi connectivity index (χ2v) is 4.35. The van der Waals surface area contributed by atoms with Crippen LogP contribution in [0.5, 0.6) is 0 Å². The van der Waals surface area contributed by atoms with Gasteiger partial charge in [-0.25, -0.2) is 4.79 Å². The second kappa shape index (κ2) is 12.2. The SMILES string of the molecule is CC.NCCN1CCCC1.NCCN1CCNC1=O. The highest BCUT2D eigenvalue weighted by Crippen LogP contribution is 2.04. The van der Waals surface area contributed by atoms with Crippen LogP contribution in [-0.2, 0) is 0 Å². The van der Waals surface area contributed by atoms with E-state index in [4.69, 9.17) is 11.5 Å². The molecule has 0 aromatic carbocycles. The molecule has 2 aliphatic rings. The number of carbonyl (C=O) groups is 1. The summed E-state index contributed by atoms with van der Waals surface area (Å²) in [7, 11) is 0. The predicted octanol–water partition coefficient (Wildman–Crippen LogP) is 0.0374. The number of amides is 2. The van der Waals surface area contributed by atoms with Gasteiger partial charge in [0.2, 0.25) is 0 Å². The lowest BCUT2D eigenvalue weighted by Gasteiger charge is -2.11. The van der Waals surface area contributed by atoms with Gasteiger partial charge in [-0.05, 0) is 25.9 Å². The van der Waals surface area contributed by atoms with Gasteiger partial charge < -0.3 is 26.6 Å². The van der Waals surface area contributed by atoms with Crippen molar-refractivity contribution in [3.8, 4) is 0 Å². The van der Waals surface area contributed by atoms with Gasteiger partial charge in [0.05, 0.1) is 0 Å². The molecule has 0 radical (unpaired) electrons. The minimum absolute atomic E-state index is 0.0143. The average Bonchev–Trinajstić information content (AvgIpc) is 3.07. The summed E-state index contributed by atoms with van der Waals surface area (Å²) in [5, 5.41) is 2.69. The smallest absolute Gasteiger partial charge is 0.317 e. The standard InChI is InChI=1S/C6H14N2.C5H11N3O.C2H6/c7-3-6-8-4-1-2-5-8;6-1-3-8-4-2-7-5(8)9;1-2/h1-7H2;1-4,6H2,(H,7,9);1-2H3. The zero-order chi connectivity index (χ0) is 14.5. The molecule has 0 aromatic heterocycles. The highest BCUT2D eigenvalue weighted by atomic mass is 16.2. The quantitative estimate of drug-likeness (QED) is 0.675. The molecule has 2 rings (SSSR count). The van der Waals surface area contributed by atoms with Crippen LogP contribution in [0, 0.1) is 0 Å². The monoisotopic (exact) mass is 273 g/mol. The zero-order valence-corrected chi connectivity index (χ0v) is 12.5. The lowest BCUT2D eigenvalue weighted by atomic mass is 10.4. The molecule has 2 saturated heterocycles. The van der Waals surface area contributed by atoms with Crippen molar-refractivity contribution in [3.63, 3.8) is 0 Å². The molecule has 114 valence electrons. The molecule has 0 unspecified atom stereocenters. The van der Waals surface area contributed by atoms with Gasteiger partial charge in [0, 0.05) is 39.3 Å². The first kappa shape index (κ1) is 18.1. The fourth-order valence-corrected chi connectivity index (χ4v) is 2.07. The molecule has 19 heavy (non-hydrogen) atoms. The van der Waals surface area contributed by atoms with Gasteiger partial charge in [-0.2, -0.15) is 0 Å². The lowest BCUT2D eigenvalue weighted by Crippen LogP contribution is -2.32. The van der Waals surface area contributed by atoms with Crippen molar-refractivity contribution in [2.45, 2.75) is 26.7 Å². The summed E-state index contributed by atoms with van der Waals surface area (Å²) in [4.78, 5) is 14.8. The van der Waals surface area contributed by atoms with Crippen LogP contribution in [0.25, 0.3) is 0 Å². The van der Waals surface area contributed by atoms with Crippen LogP contribution in [0.15, 0.2) is 0 Å². The van der Waals surface area contributed by atoms with E-state index in [0.717, 1.165) is 26.2 Å². The van der Waals surface area contributed by atoms with Gasteiger partial charge in [0.25, 0.3) is 0 Å². The highest BCUT2D eigenvalue weighted by Gasteiger charge is 2.17. The maximum absolute atomic E-state index is 10.7. The van der Waals surface area contributed by atoms with Gasteiger partial charge in [0.15, 0.2) is 0 Å². The number of likely N-dealkylation sites (tertiary alicyclic amines) is 1. The Labute approximate surface area is 117 Å². The number of nitrogens with zero attached hydrogens (tertiary/aromatic N) is 2. The molecule has 2 aliphatic heterocycles. The van der Waals surface area contributed by atoms with Crippen LogP contribution in [0.4, 0.5) is 4.79 Å². The maximum Gasteiger partial charge on any atom is 0.317 e. The maximum atomic E-state index is 10.7.